The number of aromatic nitrogens is 1. The molecule has 4 aromatic rings. The smallest absolute Gasteiger partial charge is 0.328 e. The van der Waals surface area contributed by atoms with E-state index in [2.05, 4.69) is 23.0 Å². The van der Waals surface area contributed by atoms with Gasteiger partial charge in [-0.25, -0.2) is 4.68 Å². The second-order valence-electron chi connectivity index (χ2n) is 8.18. The van der Waals surface area contributed by atoms with Crippen molar-refractivity contribution in [2.75, 3.05) is 10.7 Å². The number of aryl methyl sites for hydroxylation is 2. The second kappa shape index (κ2) is 10.4. The van der Waals surface area contributed by atoms with Gasteiger partial charge in [0.2, 0.25) is 0 Å². The summed E-state index contributed by atoms with van der Waals surface area (Å²) in [5.74, 6) is -2.16. The van der Waals surface area contributed by atoms with E-state index in [1.54, 1.807) is 24.3 Å². The molecule has 0 bridgehead atoms. The highest BCUT2D eigenvalue weighted by Gasteiger charge is 2.21. The minimum absolute atomic E-state index is 0.154. The number of fused-ring (bicyclic) bond motifs is 1. The van der Waals surface area contributed by atoms with Gasteiger partial charge in [-0.1, -0.05) is 60.5 Å². The van der Waals surface area contributed by atoms with Gasteiger partial charge in [0, 0.05) is 22.6 Å². The molecule has 0 fully saturated rings. The second-order valence-corrected chi connectivity index (χ2v) is 8.62. The summed E-state index contributed by atoms with van der Waals surface area (Å²) in [6.07, 6.45) is 0.890. The number of hydrogen-bond acceptors (Lipinski definition) is 3. The van der Waals surface area contributed by atoms with Crippen LogP contribution in [0, 0.1) is 6.92 Å². The van der Waals surface area contributed by atoms with Gasteiger partial charge in [-0.3, -0.25) is 19.8 Å². The average Bonchev–Trinajstić information content (AvgIpc) is 3.21. The zero-order chi connectivity index (χ0) is 24.9. The Bertz CT molecular complexity index is 1390. The van der Waals surface area contributed by atoms with Gasteiger partial charge in [0.05, 0.1) is 5.52 Å². The summed E-state index contributed by atoms with van der Waals surface area (Å²) in [5, 5.41) is 6.56. The molecule has 0 aliphatic heterocycles. The van der Waals surface area contributed by atoms with E-state index in [-0.39, 0.29) is 12.2 Å². The first-order chi connectivity index (χ1) is 16.8. The van der Waals surface area contributed by atoms with Crippen LogP contribution in [0.25, 0.3) is 10.9 Å². The number of carbonyl (C=O) groups excluding carboxylic acids is 3. The zero-order valence-corrected chi connectivity index (χ0v) is 20.1. The predicted octanol–water partition coefficient (Wildman–Crippen LogP) is 4.80. The standard InChI is InChI=1S/C27H25ClN4O3/c1-3-18-8-11-22(12-9-18)30-25(33)24-15-20-14-21(28)10-13-23(20)32(24)31-27(35)26(34)29-16-19-6-4-17(2)5-7-19/h4-15H,3,16H2,1-2H3,(H,29,34)(H,30,33)(H,31,35). The molecule has 0 unspecified atom stereocenters. The number of nitrogens with zero attached hydrogens (tertiary/aromatic N) is 1. The number of halogens is 1. The van der Waals surface area contributed by atoms with E-state index in [9.17, 15) is 14.4 Å². The van der Waals surface area contributed by atoms with E-state index >= 15 is 0 Å². The summed E-state index contributed by atoms with van der Waals surface area (Å²) >= 11 is 6.12. The van der Waals surface area contributed by atoms with E-state index in [0.717, 1.165) is 23.1 Å². The SMILES string of the molecule is CCc1ccc(NC(=O)c2cc3cc(Cl)ccc3n2NC(=O)C(=O)NCc2ccc(C)cc2)cc1. The first-order valence-electron chi connectivity index (χ1n) is 11.2. The maximum absolute atomic E-state index is 13.1. The Hall–Kier alpha value is -4.10. The minimum Gasteiger partial charge on any atom is -0.344 e. The Morgan fingerprint density at radius 1 is 0.857 bits per heavy atom. The molecule has 1 heterocycles. The van der Waals surface area contributed by atoms with Crippen LogP contribution < -0.4 is 16.1 Å². The lowest BCUT2D eigenvalue weighted by Gasteiger charge is -2.13. The van der Waals surface area contributed by atoms with Crippen molar-refractivity contribution < 1.29 is 14.4 Å². The van der Waals surface area contributed by atoms with Gasteiger partial charge in [-0.2, -0.15) is 0 Å². The van der Waals surface area contributed by atoms with Crippen molar-refractivity contribution in [3.05, 3.63) is 100 Å². The maximum atomic E-state index is 13.1. The molecule has 0 aliphatic rings. The van der Waals surface area contributed by atoms with Crippen molar-refractivity contribution in [2.45, 2.75) is 26.8 Å². The number of nitrogens with one attached hydrogen (secondary N) is 3. The van der Waals surface area contributed by atoms with E-state index in [4.69, 9.17) is 11.6 Å². The summed E-state index contributed by atoms with van der Waals surface area (Å²) in [6.45, 7) is 4.23. The molecule has 3 amide bonds. The number of benzene rings is 3. The number of anilines is 1. The third-order valence-corrected chi connectivity index (χ3v) is 5.84. The summed E-state index contributed by atoms with van der Waals surface area (Å²) in [7, 11) is 0. The Balaban J connectivity index is 1.54. The number of hydrogen-bond donors (Lipinski definition) is 3. The quantitative estimate of drug-likeness (QED) is 0.340. The summed E-state index contributed by atoms with van der Waals surface area (Å²) < 4.78 is 1.30. The normalized spacial score (nSPS) is 10.7. The highest BCUT2D eigenvalue weighted by atomic mass is 35.5. The van der Waals surface area contributed by atoms with E-state index in [0.29, 0.717) is 21.6 Å². The lowest BCUT2D eigenvalue weighted by molar-refractivity contribution is -0.136. The van der Waals surface area contributed by atoms with Crippen LogP contribution in [0.15, 0.2) is 72.8 Å². The Labute approximate surface area is 208 Å². The fourth-order valence-electron chi connectivity index (χ4n) is 3.61. The summed E-state index contributed by atoms with van der Waals surface area (Å²) in [4.78, 5) is 38.3. The molecule has 35 heavy (non-hydrogen) atoms. The van der Waals surface area contributed by atoms with Gasteiger partial charge in [0.25, 0.3) is 5.91 Å². The van der Waals surface area contributed by atoms with Crippen molar-refractivity contribution in [1.29, 1.82) is 0 Å². The van der Waals surface area contributed by atoms with Crippen LogP contribution >= 0.6 is 11.6 Å². The van der Waals surface area contributed by atoms with Crippen LogP contribution in [-0.2, 0) is 22.6 Å². The van der Waals surface area contributed by atoms with Gasteiger partial charge >= 0.3 is 11.8 Å². The molecule has 3 aromatic carbocycles. The molecule has 1 aromatic heterocycles. The fraction of sp³-hybridized carbons (Fsp3) is 0.148. The molecule has 4 rings (SSSR count). The molecule has 0 saturated carbocycles. The first-order valence-corrected chi connectivity index (χ1v) is 11.6. The molecule has 3 N–H and O–H groups in total. The lowest BCUT2D eigenvalue weighted by atomic mass is 10.1. The van der Waals surface area contributed by atoms with Crippen molar-refractivity contribution in [1.82, 2.24) is 9.99 Å². The molecule has 0 spiro atoms. The topological polar surface area (TPSA) is 92.2 Å². The van der Waals surface area contributed by atoms with Crippen molar-refractivity contribution in [3.63, 3.8) is 0 Å². The van der Waals surface area contributed by atoms with E-state index < -0.39 is 17.7 Å². The van der Waals surface area contributed by atoms with Gasteiger partial charge in [-0.15, -0.1) is 0 Å². The molecule has 178 valence electrons. The predicted molar refractivity (Wildman–Crippen MR) is 138 cm³/mol. The van der Waals surface area contributed by atoms with Crippen LogP contribution in [0.4, 0.5) is 5.69 Å². The number of amides is 3. The van der Waals surface area contributed by atoms with Gasteiger partial charge in [0.1, 0.15) is 5.69 Å². The van der Waals surface area contributed by atoms with E-state index in [1.165, 1.54) is 4.68 Å². The number of rotatable bonds is 6. The molecule has 8 heteroatoms. The zero-order valence-electron chi connectivity index (χ0n) is 19.4. The van der Waals surface area contributed by atoms with Crippen LogP contribution in [0.3, 0.4) is 0 Å². The lowest BCUT2D eigenvalue weighted by Crippen LogP contribution is -2.39. The van der Waals surface area contributed by atoms with Gasteiger partial charge in [0.15, 0.2) is 0 Å². The molecular formula is C27H25ClN4O3. The van der Waals surface area contributed by atoms with Crippen LogP contribution in [0.1, 0.15) is 34.1 Å². The van der Waals surface area contributed by atoms with Crippen LogP contribution in [0.5, 0.6) is 0 Å². The monoisotopic (exact) mass is 488 g/mol. The Kier molecular flexibility index (Phi) is 7.17. The molecule has 0 atom stereocenters. The highest BCUT2D eigenvalue weighted by molar-refractivity contribution is 6.38. The van der Waals surface area contributed by atoms with Crippen LogP contribution in [-0.4, -0.2) is 22.4 Å². The highest BCUT2D eigenvalue weighted by Crippen LogP contribution is 2.24. The number of carbonyl (C=O) groups is 3. The molecule has 0 saturated heterocycles. The summed E-state index contributed by atoms with van der Waals surface area (Å²) in [6, 6.07) is 21.7. The van der Waals surface area contributed by atoms with Crippen molar-refractivity contribution in [3.8, 4) is 0 Å². The molecular weight excluding hydrogens is 464 g/mol. The van der Waals surface area contributed by atoms with E-state index in [1.807, 2.05) is 55.5 Å². The molecule has 0 radical (unpaired) electrons. The molecule has 0 aliphatic carbocycles. The van der Waals surface area contributed by atoms with Crippen LogP contribution in [0.2, 0.25) is 5.02 Å². The van der Waals surface area contributed by atoms with Crippen molar-refractivity contribution >= 4 is 45.9 Å². The Morgan fingerprint density at radius 2 is 1.54 bits per heavy atom. The fourth-order valence-corrected chi connectivity index (χ4v) is 3.79. The van der Waals surface area contributed by atoms with Crippen molar-refractivity contribution in [2.24, 2.45) is 0 Å². The molecule has 7 nitrogen and oxygen atoms in total. The third kappa shape index (κ3) is 5.70. The Morgan fingerprint density at radius 3 is 2.23 bits per heavy atom. The first kappa shape index (κ1) is 24.0. The maximum Gasteiger partial charge on any atom is 0.328 e. The minimum atomic E-state index is -0.897. The largest absolute Gasteiger partial charge is 0.344 e. The third-order valence-electron chi connectivity index (χ3n) is 5.61. The van der Waals surface area contributed by atoms with Gasteiger partial charge in [-0.05, 0) is 60.9 Å². The van der Waals surface area contributed by atoms with Gasteiger partial charge < -0.3 is 10.6 Å². The average molecular weight is 489 g/mol. The summed E-state index contributed by atoms with van der Waals surface area (Å²) in [5.41, 5.74) is 6.96.